The van der Waals surface area contributed by atoms with E-state index >= 15 is 0 Å². The number of aliphatic hydroxyl groups is 1. The predicted octanol–water partition coefficient (Wildman–Crippen LogP) is 2.97. The minimum atomic E-state index is -0.440. The van der Waals surface area contributed by atoms with Gasteiger partial charge in [-0.3, -0.25) is 0 Å². The summed E-state index contributed by atoms with van der Waals surface area (Å²) in [5.74, 6) is 0.992. The highest BCUT2D eigenvalue weighted by Crippen LogP contribution is 2.41. The summed E-state index contributed by atoms with van der Waals surface area (Å²) in [6, 6.07) is 15.0. The van der Waals surface area contributed by atoms with Gasteiger partial charge in [0.1, 0.15) is 5.75 Å². The minimum Gasteiger partial charge on any atom is -0.491 e. The van der Waals surface area contributed by atoms with E-state index in [-0.39, 0.29) is 0 Å². The first-order valence-electron chi connectivity index (χ1n) is 8.75. The zero-order chi connectivity index (χ0) is 16.5. The van der Waals surface area contributed by atoms with Crippen LogP contribution in [-0.2, 0) is 0 Å². The Labute approximate surface area is 143 Å². The molecule has 2 atom stereocenters. The van der Waals surface area contributed by atoms with Crippen LogP contribution in [0, 0.1) is 0 Å². The van der Waals surface area contributed by atoms with Gasteiger partial charge in [-0.25, -0.2) is 0 Å². The summed E-state index contributed by atoms with van der Waals surface area (Å²) in [6.07, 6.45) is 0.604. The van der Waals surface area contributed by atoms with Crippen LogP contribution in [0.15, 0.2) is 42.5 Å². The summed E-state index contributed by atoms with van der Waals surface area (Å²) < 4.78 is 6.18. The maximum atomic E-state index is 9.71. The molecule has 4 heteroatoms. The average Bonchev–Trinajstić information content (AvgIpc) is 2.81. The molecule has 1 fully saturated rings. The van der Waals surface area contributed by atoms with Crippen molar-refractivity contribution in [3.05, 3.63) is 48.0 Å². The van der Waals surface area contributed by atoms with Crippen LogP contribution in [0.3, 0.4) is 0 Å². The van der Waals surface area contributed by atoms with Crippen molar-refractivity contribution in [1.29, 1.82) is 0 Å². The van der Waals surface area contributed by atoms with E-state index in [4.69, 9.17) is 4.74 Å². The van der Waals surface area contributed by atoms with E-state index in [0.717, 1.165) is 55.1 Å². The van der Waals surface area contributed by atoms with Crippen molar-refractivity contribution in [3.63, 3.8) is 0 Å². The lowest BCUT2D eigenvalue weighted by atomic mass is 10.00. The third-order valence-corrected chi connectivity index (χ3v) is 5.06. The first kappa shape index (κ1) is 15.5. The lowest BCUT2D eigenvalue weighted by molar-refractivity contribution is 0.199. The van der Waals surface area contributed by atoms with Gasteiger partial charge in [0.05, 0.1) is 18.4 Å². The second-order valence-electron chi connectivity index (χ2n) is 6.64. The molecule has 0 saturated carbocycles. The molecule has 0 spiro atoms. The maximum absolute atomic E-state index is 9.71. The highest BCUT2D eigenvalue weighted by atomic mass is 16.5. The fourth-order valence-electron chi connectivity index (χ4n) is 3.70. The Morgan fingerprint density at radius 1 is 1.21 bits per heavy atom. The molecule has 24 heavy (non-hydrogen) atoms. The lowest BCUT2D eigenvalue weighted by Crippen LogP contribution is -2.51. The minimum absolute atomic E-state index is 0.440. The first-order chi connectivity index (χ1) is 11.7. The molecule has 1 saturated heterocycles. The topological polar surface area (TPSA) is 44.7 Å². The number of nitrogens with one attached hydrogen (secondary N) is 1. The van der Waals surface area contributed by atoms with Crippen molar-refractivity contribution in [2.24, 2.45) is 0 Å². The van der Waals surface area contributed by atoms with Gasteiger partial charge in [-0.05, 0) is 24.1 Å². The number of ether oxygens (including phenoxy) is 1. The molecule has 4 nitrogen and oxygen atoms in total. The van der Waals surface area contributed by atoms with Crippen molar-refractivity contribution in [2.45, 2.75) is 25.5 Å². The smallest absolute Gasteiger partial charge is 0.150 e. The Hall–Kier alpha value is -2.04. The highest BCUT2D eigenvalue weighted by Gasteiger charge is 2.28. The summed E-state index contributed by atoms with van der Waals surface area (Å²) in [5.41, 5.74) is 4.40. The van der Waals surface area contributed by atoms with Gasteiger partial charge in [0, 0.05) is 37.7 Å². The van der Waals surface area contributed by atoms with Crippen molar-refractivity contribution in [2.75, 3.05) is 31.1 Å². The lowest BCUT2D eigenvalue weighted by Gasteiger charge is -2.36. The van der Waals surface area contributed by atoms with Gasteiger partial charge in [0.25, 0.3) is 0 Å². The number of hydrogen-bond donors (Lipinski definition) is 2. The van der Waals surface area contributed by atoms with E-state index in [0.29, 0.717) is 6.04 Å². The van der Waals surface area contributed by atoms with Crippen molar-refractivity contribution < 1.29 is 9.84 Å². The number of piperazine rings is 1. The van der Waals surface area contributed by atoms with E-state index in [2.05, 4.69) is 40.5 Å². The van der Waals surface area contributed by atoms with Gasteiger partial charge in [0.2, 0.25) is 0 Å². The molecule has 2 N–H and O–H groups in total. The van der Waals surface area contributed by atoms with E-state index in [1.165, 1.54) is 5.69 Å². The molecule has 2 aromatic rings. The summed E-state index contributed by atoms with van der Waals surface area (Å²) in [7, 11) is 0. The van der Waals surface area contributed by atoms with Crippen LogP contribution in [0.2, 0.25) is 0 Å². The molecule has 2 aliphatic rings. The van der Waals surface area contributed by atoms with Crippen LogP contribution in [0.1, 0.15) is 25.0 Å². The molecule has 2 aliphatic heterocycles. The fraction of sp³-hybridized carbons (Fsp3) is 0.400. The predicted molar refractivity (Wildman–Crippen MR) is 96.6 cm³/mol. The molecule has 126 valence electrons. The van der Waals surface area contributed by atoms with E-state index < -0.39 is 6.10 Å². The Balaban J connectivity index is 1.75. The highest BCUT2D eigenvalue weighted by molar-refractivity contribution is 5.79. The van der Waals surface area contributed by atoms with E-state index in [1.807, 2.05) is 12.1 Å². The molecule has 0 aliphatic carbocycles. The molecule has 4 rings (SSSR count). The van der Waals surface area contributed by atoms with Gasteiger partial charge in [-0.2, -0.15) is 0 Å². The van der Waals surface area contributed by atoms with E-state index in [1.54, 1.807) is 6.92 Å². The molecule has 1 unspecified atom stereocenters. The Morgan fingerprint density at radius 2 is 2.04 bits per heavy atom. The number of fused-ring (bicyclic) bond motifs is 3. The average molecular weight is 324 g/mol. The molecule has 2 heterocycles. The first-order valence-corrected chi connectivity index (χ1v) is 8.75. The molecular formula is C20H24N2O2. The Kier molecular flexibility index (Phi) is 4.17. The van der Waals surface area contributed by atoms with Crippen LogP contribution in [0.25, 0.3) is 11.1 Å². The standard InChI is InChI=1S/C20H24N2O2/c1-14(23)15-5-7-16(8-6-15)18-3-2-4-19-20(18)24-12-9-17-13-21-10-11-22(17)19/h2-8,14,17,21,23H,9-13H2,1H3/t14?,17-/m0/s1. The molecule has 0 aromatic heterocycles. The largest absolute Gasteiger partial charge is 0.491 e. The summed E-state index contributed by atoms with van der Waals surface area (Å²) in [4.78, 5) is 2.49. The van der Waals surface area contributed by atoms with Gasteiger partial charge < -0.3 is 20.1 Å². The Morgan fingerprint density at radius 3 is 2.83 bits per heavy atom. The van der Waals surface area contributed by atoms with Gasteiger partial charge >= 0.3 is 0 Å². The molecule has 0 radical (unpaired) electrons. The molecule has 2 aromatic carbocycles. The molecular weight excluding hydrogens is 300 g/mol. The van der Waals surface area contributed by atoms with Crippen molar-refractivity contribution in [3.8, 4) is 16.9 Å². The summed E-state index contributed by atoms with van der Waals surface area (Å²) in [5, 5.41) is 13.2. The normalized spacial score (nSPS) is 21.2. The van der Waals surface area contributed by atoms with E-state index in [9.17, 15) is 5.11 Å². The zero-order valence-corrected chi connectivity index (χ0v) is 14.0. The number of rotatable bonds is 2. The van der Waals surface area contributed by atoms with Crippen LogP contribution in [0.5, 0.6) is 5.75 Å². The quantitative estimate of drug-likeness (QED) is 0.891. The van der Waals surface area contributed by atoms with Crippen LogP contribution < -0.4 is 15.0 Å². The number of anilines is 1. The third-order valence-electron chi connectivity index (χ3n) is 5.06. The van der Waals surface area contributed by atoms with Crippen LogP contribution in [-0.4, -0.2) is 37.4 Å². The summed E-state index contributed by atoms with van der Waals surface area (Å²) >= 11 is 0. The molecule has 0 bridgehead atoms. The number of para-hydroxylation sites is 1. The Bertz CT molecular complexity index is 712. The van der Waals surface area contributed by atoms with Crippen LogP contribution >= 0.6 is 0 Å². The number of hydrogen-bond acceptors (Lipinski definition) is 4. The second kappa shape index (κ2) is 6.46. The van der Waals surface area contributed by atoms with Gasteiger partial charge in [-0.1, -0.05) is 36.4 Å². The van der Waals surface area contributed by atoms with Gasteiger partial charge in [0.15, 0.2) is 0 Å². The number of benzene rings is 2. The monoisotopic (exact) mass is 324 g/mol. The maximum Gasteiger partial charge on any atom is 0.150 e. The zero-order valence-electron chi connectivity index (χ0n) is 14.0. The molecule has 0 amide bonds. The van der Waals surface area contributed by atoms with Crippen LogP contribution in [0.4, 0.5) is 5.69 Å². The SMILES string of the molecule is CC(O)c1ccc(-c2cccc3c2OCC[C@H]2CNCCN32)cc1. The third kappa shape index (κ3) is 2.76. The van der Waals surface area contributed by atoms with Gasteiger partial charge in [-0.15, -0.1) is 0 Å². The second-order valence-corrected chi connectivity index (χ2v) is 6.64. The summed E-state index contributed by atoms with van der Waals surface area (Å²) in [6.45, 7) is 5.60. The number of aliphatic hydroxyl groups excluding tert-OH is 1. The van der Waals surface area contributed by atoms with Crippen molar-refractivity contribution >= 4 is 5.69 Å². The van der Waals surface area contributed by atoms with Crippen molar-refractivity contribution in [1.82, 2.24) is 5.32 Å². The number of nitrogens with zero attached hydrogens (tertiary/aromatic N) is 1. The fourth-order valence-corrected chi connectivity index (χ4v) is 3.70.